The van der Waals surface area contributed by atoms with Crippen molar-refractivity contribution in [1.29, 1.82) is 0 Å². The molecule has 2 heterocycles. The van der Waals surface area contributed by atoms with Gasteiger partial charge >= 0.3 is 12.1 Å². The van der Waals surface area contributed by atoms with Crippen molar-refractivity contribution in [2.45, 2.75) is 62.6 Å². The Balaban J connectivity index is 1.27. The number of anilines is 1. The van der Waals surface area contributed by atoms with Gasteiger partial charge in [0.1, 0.15) is 5.54 Å². The first kappa shape index (κ1) is 31.1. The third kappa shape index (κ3) is 6.01. The molecule has 2 amide bonds. The summed E-state index contributed by atoms with van der Waals surface area (Å²) in [7, 11) is 1.83. The Morgan fingerprint density at radius 3 is 2.30 bits per heavy atom. The number of carbonyl (C=O) groups is 3. The number of halogens is 3. The standard InChI is InChI=1S/C35H33F3N4O4/c1-42-28-19-23(32(45)41-34(17-4-18-34)33(46)40-25-12-7-21(8-13-25)9-16-29(43)44)10-14-26(28)30(22-5-2-3-6-22)31(42)27-15-11-24(20-39-27)35(36,37)38/h7-16,19-20,22H,2-6,17-18H2,1H3,(H,40,46)(H,41,45)(H,43,44)/b16-9+. The number of nitrogens with zero attached hydrogens (tertiary/aromatic N) is 2. The van der Waals surface area contributed by atoms with E-state index in [0.29, 0.717) is 35.3 Å². The van der Waals surface area contributed by atoms with E-state index in [9.17, 15) is 27.6 Å². The lowest BCUT2D eigenvalue weighted by molar-refractivity contribution is -0.138. The van der Waals surface area contributed by atoms with Gasteiger partial charge in [0.2, 0.25) is 5.91 Å². The van der Waals surface area contributed by atoms with E-state index in [4.69, 9.17) is 5.11 Å². The molecule has 0 atom stereocenters. The molecule has 2 aromatic heterocycles. The van der Waals surface area contributed by atoms with Crippen LogP contribution in [0.3, 0.4) is 0 Å². The second-order valence-corrected chi connectivity index (χ2v) is 12.1. The van der Waals surface area contributed by atoms with Crippen LogP contribution in [0.5, 0.6) is 0 Å². The van der Waals surface area contributed by atoms with Gasteiger partial charge in [-0.25, -0.2) is 4.79 Å². The maximum absolute atomic E-state index is 13.6. The number of pyridine rings is 1. The van der Waals surface area contributed by atoms with E-state index in [1.165, 1.54) is 12.1 Å². The summed E-state index contributed by atoms with van der Waals surface area (Å²) in [5, 5.41) is 15.6. The average Bonchev–Trinajstić information content (AvgIpc) is 3.64. The lowest BCUT2D eigenvalue weighted by Gasteiger charge is -2.40. The number of aryl methyl sites for hydroxylation is 1. The van der Waals surface area contributed by atoms with E-state index in [2.05, 4.69) is 15.6 Å². The third-order valence-electron chi connectivity index (χ3n) is 9.18. The quantitative estimate of drug-likeness (QED) is 0.177. The molecule has 2 aromatic carbocycles. The summed E-state index contributed by atoms with van der Waals surface area (Å²) in [6, 6.07) is 14.5. The predicted octanol–water partition coefficient (Wildman–Crippen LogP) is 7.31. The molecule has 46 heavy (non-hydrogen) atoms. The lowest BCUT2D eigenvalue weighted by Crippen LogP contribution is -2.61. The Kier molecular flexibility index (Phi) is 8.18. The van der Waals surface area contributed by atoms with Crippen LogP contribution in [-0.4, -0.2) is 38.0 Å². The van der Waals surface area contributed by atoms with Gasteiger partial charge in [-0.2, -0.15) is 13.2 Å². The molecule has 8 nitrogen and oxygen atoms in total. The minimum atomic E-state index is -4.48. The SMILES string of the molecule is Cn1c(-c2ccc(C(F)(F)F)cn2)c(C2CCCC2)c2ccc(C(=O)NC3(C(=O)Nc4ccc(/C=C/C(=O)O)cc4)CCC3)cc21. The van der Waals surface area contributed by atoms with Gasteiger partial charge < -0.3 is 20.3 Å². The summed E-state index contributed by atoms with van der Waals surface area (Å²) in [5.74, 6) is -1.56. The maximum Gasteiger partial charge on any atom is 0.417 e. The molecule has 2 aliphatic rings. The summed E-state index contributed by atoms with van der Waals surface area (Å²) in [4.78, 5) is 42.0. The number of amides is 2. The molecule has 0 bridgehead atoms. The van der Waals surface area contributed by atoms with Gasteiger partial charge in [-0.05, 0) is 91.6 Å². The van der Waals surface area contributed by atoms with Gasteiger partial charge in [-0.1, -0.05) is 31.0 Å². The minimum Gasteiger partial charge on any atom is -0.478 e. The molecule has 238 valence electrons. The van der Waals surface area contributed by atoms with E-state index < -0.39 is 29.2 Å². The fraction of sp³-hybridized carbons (Fsp3) is 0.314. The number of fused-ring (bicyclic) bond motifs is 1. The molecule has 6 rings (SSSR count). The van der Waals surface area contributed by atoms with Crippen LogP contribution < -0.4 is 10.6 Å². The molecule has 0 unspecified atom stereocenters. The highest BCUT2D eigenvalue weighted by Crippen LogP contribution is 2.44. The number of rotatable bonds is 8. The fourth-order valence-electron chi connectivity index (χ4n) is 6.57. The van der Waals surface area contributed by atoms with Crippen molar-refractivity contribution in [2.75, 3.05) is 5.32 Å². The highest BCUT2D eigenvalue weighted by molar-refractivity contribution is 6.06. The van der Waals surface area contributed by atoms with Gasteiger partial charge in [0.25, 0.3) is 5.91 Å². The Bertz CT molecular complexity index is 1830. The number of hydrogen-bond acceptors (Lipinski definition) is 4. The molecule has 0 saturated heterocycles. The highest BCUT2D eigenvalue weighted by atomic mass is 19.4. The molecule has 2 aliphatic carbocycles. The van der Waals surface area contributed by atoms with Crippen LogP contribution in [0, 0.1) is 0 Å². The van der Waals surface area contributed by atoms with Crippen molar-refractivity contribution >= 4 is 40.4 Å². The van der Waals surface area contributed by atoms with Gasteiger partial charge in [-0.3, -0.25) is 14.6 Å². The Morgan fingerprint density at radius 2 is 1.72 bits per heavy atom. The van der Waals surface area contributed by atoms with Crippen LogP contribution >= 0.6 is 0 Å². The van der Waals surface area contributed by atoms with Crippen molar-refractivity contribution in [3.63, 3.8) is 0 Å². The van der Waals surface area contributed by atoms with Crippen molar-refractivity contribution in [2.24, 2.45) is 7.05 Å². The largest absolute Gasteiger partial charge is 0.478 e. The number of nitrogens with one attached hydrogen (secondary N) is 2. The van der Waals surface area contributed by atoms with Crippen molar-refractivity contribution in [3.8, 4) is 11.4 Å². The minimum absolute atomic E-state index is 0.228. The molecular weight excluding hydrogens is 597 g/mol. The Hall–Kier alpha value is -4.93. The van der Waals surface area contributed by atoms with E-state index in [-0.39, 0.29) is 11.8 Å². The Morgan fingerprint density at radius 1 is 1.00 bits per heavy atom. The van der Waals surface area contributed by atoms with Crippen molar-refractivity contribution in [1.82, 2.24) is 14.9 Å². The number of benzene rings is 2. The zero-order valence-corrected chi connectivity index (χ0v) is 25.2. The van der Waals surface area contributed by atoms with Crippen LogP contribution in [0.2, 0.25) is 0 Å². The molecule has 11 heteroatoms. The molecule has 3 N–H and O–H groups in total. The van der Waals surface area contributed by atoms with Gasteiger partial charge in [0, 0.05) is 41.5 Å². The molecule has 2 fully saturated rings. The second kappa shape index (κ2) is 12.1. The number of carbonyl (C=O) groups excluding carboxylic acids is 2. The van der Waals surface area contributed by atoms with Crippen LogP contribution in [0.1, 0.15) is 77.9 Å². The third-order valence-corrected chi connectivity index (χ3v) is 9.18. The molecule has 4 aromatic rings. The number of alkyl halides is 3. The summed E-state index contributed by atoms with van der Waals surface area (Å²) < 4.78 is 41.7. The van der Waals surface area contributed by atoms with Crippen LogP contribution in [0.15, 0.2) is 66.9 Å². The summed E-state index contributed by atoms with van der Waals surface area (Å²) in [6.07, 6.45) is 4.65. The summed E-state index contributed by atoms with van der Waals surface area (Å²) in [6.45, 7) is 0. The van der Waals surface area contributed by atoms with Crippen LogP contribution in [0.4, 0.5) is 18.9 Å². The van der Waals surface area contributed by atoms with E-state index in [1.54, 1.807) is 36.4 Å². The molecule has 0 aliphatic heterocycles. The lowest BCUT2D eigenvalue weighted by atomic mass is 9.75. The molecule has 0 spiro atoms. The molecule has 2 saturated carbocycles. The number of carboxylic acids is 1. The summed E-state index contributed by atoms with van der Waals surface area (Å²) in [5.41, 5.74) is 2.64. The van der Waals surface area contributed by atoms with E-state index in [0.717, 1.165) is 72.6 Å². The van der Waals surface area contributed by atoms with E-state index in [1.807, 2.05) is 17.7 Å². The summed E-state index contributed by atoms with van der Waals surface area (Å²) >= 11 is 0. The molecular formula is C35H33F3N4O4. The van der Waals surface area contributed by atoms with Crippen LogP contribution in [-0.2, 0) is 22.8 Å². The van der Waals surface area contributed by atoms with Gasteiger partial charge in [-0.15, -0.1) is 0 Å². The first-order valence-electron chi connectivity index (χ1n) is 15.3. The topological polar surface area (TPSA) is 113 Å². The number of aliphatic carboxylic acids is 1. The smallest absolute Gasteiger partial charge is 0.417 e. The highest BCUT2D eigenvalue weighted by Gasteiger charge is 2.45. The zero-order valence-electron chi connectivity index (χ0n) is 25.2. The van der Waals surface area contributed by atoms with Gasteiger partial charge in [0.15, 0.2) is 0 Å². The van der Waals surface area contributed by atoms with E-state index >= 15 is 0 Å². The predicted molar refractivity (Wildman–Crippen MR) is 168 cm³/mol. The number of hydrogen-bond donors (Lipinski definition) is 3. The fourth-order valence-corrected chi connectivity index (χ4v) is 6.57. The first-order chi connectivity index (χ1) is 21.9. The second-order valence-electron chi connectivity index (χ2n) is 12.1. The van der Waals surface area contributed by atoms with Crippen LogP contribution in [0.25, 0.3) is 28.4 Å². The Labute approximate surface area is 263 Å². The average molecular weight is 631 g/mol. The zero-order chi connectivity index (χ0) is 32.6. The monoisotopic (exact) mass is 630 g/mol. The normalized spacial score (nSPS) is 16.4. The van der Waals surface area contributed by atoms with Crippen molar-refractivity contribution in [3.05, 3.63) is 89.1 Å². The van der Waals surface area contributed by atoms with Gasteiger partial charge in [0.05, 0.1) is 17.0 Å². The maximum atomic E-state index is 13.6. The number of aromatic nitrogens is 2. The first-order valence-corrected chi connectivity index (χ1v) is 15.3. The number of carboxylic acid groups (broad SMARTS) is 1. The van der Waals surface area contributed by atoms with Crippen molar-refractivity contribution < 1.29 is 32.7 Å². The molecule has 0 radical (unpaired) electrons.